The Balaban J connectivity index is 1.62. The molecule has 3 rings (SSSR count). The van der Waals surface area contributed by atoms with Crippen LogP contribution in [-0.2, 0) is 0 Å². The molecular weight excluding hydrogens is 300 g/mol. The van der Waals surface area contributed by atoms with E-state index in [0.29, 0.717) is 18.1 Å². The van der Waals surface area contributed by atoms with Gasteiger partial charge in [-0.1, -0.05) is 0 Å². The highest BCUT2D eigenvalue weighted by atomic mass is 79.9. The van der Waals surface area contributed by atoms with Crippen molar-refractivity contribution in [3.05, 3.63) is 20.8 Å². The van der Waals surface area contributed by atoms with Crippen LogP contribution in [-0.4, -0.2) is 24.0 Å². The van der Waals surface area contributed by atoms with Gasteiger partial charge in [0.05, 0.1) is 9.35 Å². The number of hydrogen-bond acceptors (Lipinski definition) is 3. The van der Waals surface area contributed by atoms with Gasteiger partial charge >= 0.3 is 0 Å². The van der Waals surface area contributed by atoms with Crippen LogP contribution in [0.2, 0.25) is 0 Å². The van der Waals surface area contributed by atoms with E-state index in [1.165, 1.54) is 12.8 Å². The Kier molecular flexibility index (Phi) is 3.23. The molecule has 17 heavy (non-hydrogen) atoms. The summed E-state index contributed by atoms with van der Waals surface area (Å²) >= 11 is 4.93. The number of fused-ring (bicyclic) bond motifs is 2. The maximum Gasteiger partial charge on any atom is 0.252 e. The predicted octanol–water partition coefficient (Wildman–Crippen LogP) is 2.52. The van der Waals surface area contributed by atoms with Crippen LogP contribution in [0.1, 0.15) is 36.0 Å². The second kappa shape index (κ2) is 4.71. The Hall–Kier alpha value is -0.390. The summed E-state index contributed by atoms with van der Waals surface area (Å²) < 4.78 is 1.01. The molecule has 0 aromatic carbocycles. The molecule has 0 radical (unpaired) electrons. The molecule has 2 N–H and O–H groups in total. The van der Waals surface area contributed by atoms with Crippen molar-refractivity contribution in [2.24, 2.45) is 0 Å². The Morgan fingerprint density at radius 1 is 1.41 bits per heavy atom. The molecule has 3 heterocycles. The van der Waals surface area contributed by atoms with Gasteiger partial charge in [-0.2, -0.15) is 0 Å². The van der Waals surface area contributed by atoms with Gasteiger partial charge in [0.2, 0.25) is 0 Å². The SMILES string of the molecule is O=C(NC1CC2CCC(C1)N2)c1csc(Br)c1. The van der Waals surface area contributed by atoms with Crippen LogP contribution in [0.25, 0.3) is 0 Å². The minimum absolute atomic E-state index is 0.0678. The molecule has 2 saturated heterocycles. The Morgan fingerprint density at radius 2 is 2.12 bits per heavy atom. The lowest BCUT2D eigenvalue weighted by Crippen LogP contribution is -2.47. The number of thiophene rings is 1. The smallest absolute Gasteiger partial charge is 0.252 e. The van der Waals surface area contributed by atoms with Crippen molar-refractivity contribution in [2.75, 3.05) is 0 Å². The molecule has 92 valence electrons. The molecule has 2 fully saturated rings. The molecule has 1 aromatic heterocycles. The number of nitrogens with one attached hydrogen (secondary N) is 2. The first-order valence-corrected chi connectivity index (χ1v) is 7.69. The van der Waals surface area contributed by atoms with Crippen molar-refractivity contribution >= 4 is 33.2 Å². The number of hydrogen-bond donors (Lipinski definition) is 2. The van der Waals surface area contributed by atoms with E-state index < -0.39 is 0 Å². The summed E-state index contributed by atoms with van der Waals surface area (Å²) in [6.07, 6.45) is 4.68. The van der Waals surface area contributed by atoms with Crippen LogP contribution in [0.3, 0.4) is 0 Å². The van der Waals surface area contributed by atoms with E-state index in [1.54, 1.807) is 11.3 Å². The first kappa shape index (κ1) is 11.7. The summed E-state index contributed by atoms with van der Waals surface area (Å²) in [4.78, 5) is 12.0. The third kappa shape index (κ3) is 2.56. The molecule has 2 aliphatic heterocycles. The second-order valence-electron chi connectivity index (χ2n) is 4.92. The summed E-state index contributed by atoms with van der Waals surface area (Å²) in [5.74, 6) is 0.0678. The fourth-order valence-corrected chi connectivity index (χ4v) is 4.01. The van der Waals surface area contributed by atoms with Crippen molar-refractivity contribution < 1.29 is 4.79 Å². The maximum atomic E-state index is 12.0. The summed E-state index contributed by atoms with van der Waals surface area (Å²) in [7, 11) is 0. The number of carbonyl (C=O) groups is 1. The lowest BCUT2D eigenvalue weighted by atomic mass is 9.99. The summed E-state index contributed by atoms with van der Waals surface area (Å²) in [6, 6.07) is 3.47. The molecule has 2 bridgehead atoms. The van der Waals surface area contributed by atoms with Crippen LogP contribution in [0.4, 0.5) is 0 Å². The predicted molar refractivity (Wildman–Crippen MR) is 72.5 cm³/mol. The molecular formula is C12H15BrN2OS. The maximum absolute atomic E-state index is 12.0. The average molecular weight is 315 g/mol. The van der Waals surface area contributed by atoms with Crippen LogP contribution in [0.5, 0.6) is 0 Å². The lowest BCUT2D eigenvalue weighted by Gasteiger charge is -2.29. The largest absolute Gasteiger partial charge is 0.349 e. The first-order valence-electron chi connectivity index (χ1n) is 6.01. The molecule has 3 nitrogen and oxygen atoms in total. The number of amides is 1. The van der Waals surface area contributed by atoms with E-state index in [-0.39, 0.29) is 5.91 Å². The number of halogens is 1. The molecule has 1 aromatic rings. The average Bonchev–Trinajstić information content (AvgIpc) is 2.85. The van der Waals surface area contributed by atoms with Crippen molar-refractivity contribution in [2.45, 2.75) is 43.8 Å². The molecule has 1 amide bonds. The third-order valence-corrected chi connectivity index (χ3v) is 5.14. The lowest BCUT2D eigenvalue weighted by molar-refractivity contribution is 0.0924. The van der Waals surface area contributed by atoms with Gasteiger partial charge in [-0.05, 0) is 47.7 Å². The van der Waals surface area contributed by atoms with Crippen LogP contribution in [0.15, 0.2) is 15.2 Å². The molecule has 2 unspecified atom stereocenters. The summed E-state index contributed by atoms with van der Waals surface area (Å²) in [5.41, 5.74) is 0.771. The van der Waals surface area contributed by atoms with Crippen LogP contribution in [0, 0.1) is 0 Å². The minimum Gasteiger partial charge on any atom is -0.349 e. The minimum atomic E-state index is 0.0678. The quantitative estimate of drug-likeness (QED) is 0.880. The van der Waals surface area contributed by atoms with Gasteiger partial charge in [0, 0.05) is 23.5 Å². The van der Waals surface area contributed by atoms with Crippen molar-refractivity contribution in [3.63, 3.8) is 0 Å². The highest BCUT2D eigenvalue weighted by Gasteiger charge is 2.34. The summed E-state index contributed by atoms with van der Waals surface area (Å²) in [6.45, 7) is 0. The zero-order valence-corrected chi connectivity index (χ0v) is 11.8. The highest BCUT2D eigenvalue weighted by molar-refractivity contribution is 9.11. The van der Waals surface area contributed by atoms with E-state index in [4.69, 9.17) is 0 Å². The molecule has 0 saturated carbocycles. The van der Waals surface area contributed by atoms with E-state index in [1.807, 2.05) is 11.4 Å². The fourth-order valence-electron chi connectivity index (χ4n) is 2.87. The molecule has 5 heteroatoms. The Morgan fingerprint density at radius 3 is 2.71 bits per heavy atom. The van der Waals surface area contributed by atoms with Crippen LogP contribution < -0.4 is 10.6 Å². The molecule has 2 aliphatic rings. The van der Waals surface area contributed by atoms with Gasteiger partial charge < -0.3 is 10.6 Å². The third-order valence-electron chi connectivity index (χ3n) is 3.64. The zero-order valence-electron chi connectivity index (χ0n) is 9.41. The molecule has 0 aliphatic carbocycles. The number of carbonyl (C=O) groups excluding carboxylic acids is 1. The van der Waals surface area contributed by atoms with E-state index in [2.05, 4.69) is 26.6 Å². The molecule has 0 spiro atoms. The monoisotopic (exact) mass is 314 g/mol. The van der Waals surface area contributed by atoms with E-state index >= 15 is 0 Å². The normalized spacial score (nSPS) is 31.5. The van der Waals surface area contributed by atoms with E-state index in [0.717, 1.165) is 22.2 Å². The number of piperidine rings is 1. The van der Waals surface area contributed by atoms with E-state index in [9.17, 15) is 4.79 Å². The van der Waals surface area contributed by atoms with Crippen molar-refractivity contribution in [1.29, 1.82) is 0 Å². The Labute approximate surface area is 113 Å². The number of rotatable bonds is 2. The van der Waals surface area contributed by atoms with Gasteiger partial charge in [0.15, 0.2) is 0 Å². The van der Waals surface area contributed by atoms with Crippen LogP contribution >= 0.6 is 27.3 Å². The zero-order chi connectivity index (χ0) is 11.8. The first-order chi connectivity index (χ1) is 8.20. The van der Waals surface area contributed by atoms with Gasteiger partial charge in [-0.25, -0.2) is 0 Å². The van der Waals surface area contributed by atoms with Gasteiger partial charge in [-0.15, -0.1) is 11.3 Å². The van der Waals surface area contributed by atoms with Crippen molar-refractivity contribution in [3.8, 4) is 0 Å². The standard InChI is InChI=1S/C12H15BrN2OS/c13-11-3-7(6-17-11)12(16)15-10-4-8-1-2-9(5-10)14-8/h3,6,8-10,14H,1-2,4-5H2,(H,15,16). The van der Waals surface area contributed by atoms with Gasteiger partial charge in [-0.3, -0.25) is 4.79 Å². The topological polar surface area (TPSA) is 41.1 Å². The van der Waals surface area contributed by atoms with Gasteiger partial charge in [0.25, 0.3) is 5.91 Å². The fraction of sp³-hybridized carbons (Fsp3) is 0.583. The molecule has 2 atom stereocenters. The second-order valence-corrected chi connectivity index (χ2v) is 7.21. The van der Waals surface area contributed by atoms with Crippen molar-refractivity contribution in [1.82, 2.24) is 10.6 Å². The highest BCUT2D eigenvalue weighted by Crippen LogP contribution is 2.27. The Bertz CT molecular complexity index is 422. The van der Waals surface area contributed by atoms with Gasteiger partial charge in [0.1, 0.15) is 0 Å². The summed E-state index contributed by atoms with van der Waals surface area (Å²) in [5, 5.41) is 8.63.